The highest BCUT2D eigenvalue weighted by molar-refractivity contribution is 5.33. The summed E-state index contributed by atoms with van der Waals surface area (Å²) in [4.78, 5) is 0. The molecule has 3 heteroatoms. The quantitative estimate of drug-likeness (QED) is 0.702. The van der Waals surface area contributed by atoms with Gasteiger partial charge in [-0.2, -0.15) is 0 Å². The van der Waals surface area contributed by atoms with Crippen molar-refractivity contribution in [3.63, 3.8) is 0 Å². The van der Waals surface area contributed by atoms with Gasteiger partial charge in [0.05, 0.1) is 6.61 Å². The van der Waals surface area contributed by atoms with Crippen molar-refractivity contribution >= 4 is 0 Å². The maximum absolute atomic E-state index is 5.77. The molecule has 17 heavy (non-hydrogen) atoms. The lowest BCUT2D eigenvalue weighted by molar-refractivity contribution is 0.171. The molecule has 94 valence electrons. The van der Waals surface area contributed by atoms with Gasteiger partial charge in [-0.05, 0) is 18.9 Å². The molecule has 0 unspecified atom stereocenters. The van der Waals surface area contributed by atoms with Crippen molar-refractivity contribution in [2.45, 2.75) is 31.8 Å². The summed E-state index contributed by atoms with van der Waals surface area (Å²) in [5.41, 5.74) is 1.25. The van der Waals surface area contributed by atoms with Gasteiger partial charge in [0.15, 0.2) is 0 Å². The van der Waals surface area contributed by atoms with Gasteiger partial charge >= 0.3 is 0 Å². The van der Waals surface area contributed by atoms with Gasteiger partial charge in [-0.1, -0.05) is 18.2 Å². The second kappa shape index (κ2) is 6.62. The molecule has 0 bridgehead atoms. The molecule has 0 saturated heterocycles. The van der Waals surface area contributed by atoms with E-state index in [1.165, 1.54) is 18.4 Å². The molecule has 0 atom stereocenters. The van der Waals surface area contributed by atoms with E-state index in [9.17, 15) is 0 Å². The third kappa shape index (κ3) is 4.36. The molecule has 1 aromatic carbocycles. The monoisotopic (exact) mass is 235 g/mol. The number of methoxy groups -OCH3 is 1. The van der Waals surface area contributed by atoms with E-state index >= 15 is 0 Å². The number of benzene rings is 1. The highest BCUT2D eigenvalue weighted by atomic mass is 16.5. The lowest BCUT2D eigenvalue weighted by Crippen LogP contribution is -2.16. The first-order chi connectivity index (χ1) is 8.40. The predicted molar refractivity (Wildman–Crippen MR) is 68.3 cm³/mol. The average Bonchev–Trinajstić information content (AvgIpc) is 3.17. The van der Waals surface area contributed by atoms with Gasteiger partial charge in [0.2, 0.25) is 0 Å². The number of para-hydroxylation sites is 1. The Kier molecular flexibility index (Phi) is 4.83. The molecule has 0 radical (unpaired) electrons. The van der Waals surface area contributed by atoms with Gasteiger partial charge in [0.25, 0.3) is 0 Å². The Morgan fingerprint density at radius 3 is 2.82 bits per heavy atom. The first kappa shape index (κ1) is 12.4. The van der Waals surface area contributed by atoms with Crippen LogP contribution in [0.25, 0.3) is 0 Å². The lowest BCUT2D eigenvalue weighted by Gasteiger charge is -2.11. The van der Waals surface area contributed by atoms with Gasteiger partial charge in [0, 0.05) is 38.3 Å². The molecule has 1 fully saturated rings. The molecule has 2 rings (SSSR count). The van der Waals surface area contributed by atoms with Gasteiger partial charge in [-0.3, -0.25) is 0 Å². The summed E-state index contributed by atoms with van der Waals surface area (Å²) in [6.07, 6.45) is 3.56. The van der Waals surface area contributed by atoms with E-state index in [1.54, 1.807) is 7.11 Å². The van der Waals surface area contributed by atoms with E-state index in [1.807, 2.05) is 12.1 Å². The smallest absolute Gasteiger partial charge is 0.123 e. The second-order valence-corrected chi connectivity index (χ2v) is 4.46. The third-order valence-electron chi connectivity index (χ3n) is 2.88. The minimum atomic E-state index is 0.717. The molecular formula is C14H21NO2. The van der Waals surface area contributed by atoms with Crippen molar-refractivity contribution in [3.8, 4) is 5.75 Å². The highest BCUT2D eigenvalue weighted by Crippen LogP contribution is 2.22. The van der Waals surface area contributed by atoms with Gasteiger partial charge in [0.1, 0.15) is 5.75 Å². The molecule has 1 aliphatic carbocycles. The topological polar surface area (TPSA) is 30.5 Å². The molecular weight excluding hydrogens is 214 g/mol. The van der Waals surface area contributed by atoms with E-state index in [0.29, 0.717) is 6.61 Å². The summed E-state index contributed by atoms with van der Waals surface area (Å²) in [5.74, 6) is 0.997. The Morgan fingerprint density at radius 1 is 1.24 bits per heavy atom. The van der Waals surface area contributed by atoms with Crippen LogP contribution >= 0.6 is 0 Å². The Labute approximate surface area is 103 Å². The summed E-state index contributed by atoms with van der Waals surface area (Å²) >= 11 is 0. The summed E-state index contributed by atoms with van der Waals surface area (Å²) in [5, 5.41) is 3.51. The van der Waals surface area contributed by atoms with Crippen LogP contribution in [0.2, 0.25) is 0 Å². The second-order valence-electron chi connectivity index (χ2n) is 4.46. The third-order valence-corrected chi connectivity index (χ3v) is 2.88. The van der Waals surface area contributed by atoms with Crippen LogP contribution in [0.5, 0.6) is 5.75 Å². The largest absolute Gasteiger partial charge is 0.493 e. The van der Waals surface area contributed by atoms with Gasteiger partial charge in [-0.15, -0.1) is 0 Å². The normalized spacial score (nSPS) is 14.9. The van der Waals surface area contributed by atoms with Crippen molar-refractivity contribution in [1.29, 1.82) is 0 Å². The maximum atomic E-state index is 5.77. The van der Waals surface area contributed by atoms with Crippen molar-refractivity contribution < 1.29 is 9.47 Å². The summed E-state index contributed by atoms with van der Waals surface area (Å²) in [7, 11) is 1.72. The zero-order valence-electron chi connectivity index (χ0n) is 10.4. The number of rotatable bonds is 8. The first-order valence-electron chi connectivity index (χ1n) is 6.33. The molecule has 0 heterocycles. The minimum absolute atomic E-state index is 0.717. The highest BCUT2D eigenvalue weighted by Gasteiger charge is 2.20. The van der Waals surface area contributed by atoms with Crippen molar-refractivity contribution in [3.05, 3.63) is 29.8 Å². The molecule has 1 aliphatic rings. The van der Waals surface area contributed by atoms with Crippen LogP contribution in [0, 0.1) is 0 Å². The lowest BCUT2D eigenvalue weighted by atomic mass is 10.2. The van der Waals surface area contributed by atoms with Crippen LogP contribution in [-0.4, -0.2) is 26.4 Å². The SMILES string of the molecule is COCCCOc1ccccc1CNC1CC1. The molecule has 3 nitrogen and oxygen atoms in total. The fourth-order valence-corrected chi connectivity index (χ4v) is 1.72. The predicted octanol–water partition coefficient (Wildman–Crippen LogP) is 2.35. The number of nitrogens with one attached hydrogen (secondary N) is 1. The Bertz CT molecular complexity index is 337. The van der Waals surface area contributed by atoms with Crippen molar-refractivity contribution in [2.75, 3.05) is 20.3 Å². The summed E-state index contributed by atoms with van der Waals surface area (Å²) in [6, 6.07) is 8.98. The van der Waals surface area contributed by atoms with Crippen molar-refractivity contribution in [2.24, 2.45) is 0 Å². The Hall–Kier alpha value is -1.06. The first-order valence-corrected chi connectivity index (χ1v) is 6.33. The van der Waals surface area contributed by atoms with E-state index in [2.05, 4.69) is 17.4 Å². The van der Waals surface area contributed by atoms with Crippen molar-refractivity contribution in [1.82, 2.24) is 5.32 Å². The van der Waals surface area contributed by atoms with E-state index < -0.39 is 0 Å². The van der Waals surface area contributed by atoms with E-state index in [0.717, 1.165) is 31.4 Å². The molecule has 0 spiro atoms. The molecule has 0 amide bonds. The van der Waals surface area contributed by atoms with Crippen LogP contribution in [0.3, 0.4) is 0 Å². The van der Waals surface area contributed by atoms with Crippen LogP contribution in [0.4, 0.5) is 0 Å². The van der Waals surface area contributed by atoms with Gasteiger partial charge in [-0.25, -0.2) is 0 Å². The minimum Gasteiger partial charge on any atom is -0.493 e. The number of hydrogen-bond donors (Lipinski definition) is 1. The summed E-state index contributed by atoms with van der Waals surface area (Å²) < 4.78 is 10.8. The van der Waals surface area contributed by atoms with E-state index in [4.69, 9.17) is 9.47 Å². The fraction of sp³-hybridized carbons (Fsp3) is 0.571. The standard InChI is InChI=1S/C14H21NO2/c1-16-9-4-10-17-14-6-3-2-5-12(14)11-15-13-7-8-13/h2-3,5-6,13,15H,4,7-11H2,1H3. The van der Waals surface area contributed by atoms with Crippen LogP contribution in [0.1, 0.15) is 24.8 Å². The van der Waals surface area contributed by atoms with E-state index in [-0.39, 0.29) is 0 Å². The molecule has 0 aliphatic heterocycles. The number of hydrogen-bond acceptors (Lipinski definition) is 3. The molecule has 1 saturated carbocycles. The van der Waals surface area contributed by atoms with Crippen LogP contribution < -0.4 is 10.1 Å². The van der Waals surface area contributed by atoms with Crippen LogP contribution in [-0.2, 0) is 11.3 Å². The Morgan fingerprint density at radius 2 is 2.06 bits per heavy atom. The zero-order chi connectivity index (χ0) is 11.9. The number of ether oxygens (including phenoxy) is 2. The molecule has 1 aromatic rings. The molecule has 1 N–H and O–H groups in total. The van der Waals surface area contributed by atoms with Crippen LogP contribution in [0.15, 0.2) is 24.3 Å². The average molecular weight is 235 g/mol. The zero-order valence-corrected chi connectivity index (χ0v) is 10.4. The Balaban J connectivity index is 1.80. The fourth-order valence-electron chi connectivity index (χ4n) is 1.72. The summed E-state index contributed by atoms with van der Waals surface area (Å²) in [6.45, 7) is 2.38. The molecule has 0 aromatic heterocycles. The maximum Gasteiger partial charge on any atom is 0.123 e. The van der Waals surface area contributed by atoms with Gasteiger partial charge < -0.3 is 14.8 Å².